The van der Waals surface area contributed by atoms with Crippen LogP contribution in [-0.2, 0) is 4.74 Å². The third-order valence-electron chi connectivity index (χ3n) is 4.60. The minimum absolute atomic E-state index is 0.315. The molecule has 0 radical (unpaired) electrons. The van der Waals surface area contributed by atoms with Gasteiger partial charge in [-0.2, -0.15) is 0 Å². The van der Waals surface area contributed by atoms with Crippen molar-refractivity contribution in [3.8, 4) is 5.69 Å². The maximum Gasteiger partial charge on any atom is 0.338 e. The van der Waals surface area contributed by atoms with E-state index in [2.05, 4.69) is 15.6 Å². The number of hydrogen-bond acceptors (Lipinski definition) is 3. The summed E-state index contributed by atoms with van der Waals surface area (Å²) >= 11 is 6.09. The van der Waals surface area contributed by atoms with E-state index < -0.39 is 0 Å². The van der Waals surface area contributed by atoms with Gasteiger partial charge in [-0.15, -0.1) is 0 Å². The van der Waals surface area contributed by atoms with Gasteiger partial charge in [0.2, 0.25) is 0 Å². The minimum atomic E-state index is -0.315. The molecule has 0 unspecified atom stereocenters. The quantitative estimate of drug-likeness (QED) is 0.394. The van der Waals surface area contributed by atoms with E-state index in [0.717, 1.165) is 33.9 Å². The fourth-order valence-electron chi connectivity index (χ4n) is 3.16. The second-order valence-corrected chi connectivity index (χ2v) is 7.06. The van der Waals surface area contributed by atoms with E-state index >= 15 is 0 Å². The number of hydrogen-bond donors (Lipinski definition) is 0. The fourth-order valence-corrected chi connectivity index (χ4v) is 3.33. The lowest BCUT2D eigenvalue weighted by Crippen LogP contribution is -2.06. The summed E-state index contributed by atoms with van der Waals surface area (Å²) in [4.78, 5) is 16.7. The first-order valence-electron chi connectivity index (χ1n) is 9.17. The highest BCUT2D eigenvalue weighted by Gasteiger charge is 2.12. The van der Waals surface area contributed by atoms with Crippen molar-refractivity contribution >= 4 is 29.5 Å². The number of esters is 1. The molecule has 5 heteroatoms. The van der Waals surface area contributed by atoms with Gasteiger partial charge in [-0.3, -0.25) is 4.99 Å². The number of carbonyl (C=O) groups is 1. The molecule has 0 fully saturated rings. The van der Waals surface area contributed by atoms with E-state index in [1.165, 1.54) is 0 Å². The van der Waals surface area contributed by atoms with Crippen molar-refractivity contribution < 1.29 is 9.53 Å². The third-order valence-corrected chi connectivity index (χ3v) is 4.83. The molecule has 1 heterocycles. The van der Waals surface area contributed by atoms with Crippen LogP contribution in [0.5, 0.6) is 0 Å². The predicted octanol–water partition coefficient (Wildman–Crippen LogP) is 5.98. The van der Waals surface area contributed by atoms with Crippen LogP contribution in [0, 0.1) is 20.8 Å². The zero-order valence-corrected chi connectivity index (χ0v) is 17.2. The van der Waals surface area contributed by atoms with Crippen LogP contribution in [0.15, 0.2) is 53.5 Å². The van der Waals surface area contributed by atoms with Crippen molar-refractivity contribution in [3.63, 3.8) is 0 Å². The molecule has 2 aromatic carbocycles. The SMILES string of the molecule is CCOC(=O)c1cccc(-n2c(C)cc(C=Nc3cc(Cl)ccc3C)c2C)c1. The van der Waals surface area contributed by atoms with Crippen molar-refractivity contribution in [2.45, 2.75) is 27.7 Å². The Balaban J connectivity index is 1.97. The molecule has 3 rings (SSSR count). The van der Waals surface area contributed by atoms with Gasteiger partial charge < -0.3 is 9.30 Å². The number of rotatable bonds is 5. The molecule has 1 aromatic heterocycles. The van der Waals surface area contributed by atoms with Crippen LogP contribution >= 0.6 is 11.6 Å². The Morgan fingerprint density at radius 3 is 2.68 bits per heavy atom. The van der Waals surface area contributed by atoms with Crippen LogP contribution in [0.4, 0.5) is 5.69 Å². The van der Waals surface area contributed by atoms with Crippen LogP contribution in [-0.4, -0.2) is 23.4 Å². The molecule has 28 heavy (non-hydrogen) atoms. The number of aromatic nitrogens is 1. The Hall–Kier alpha value is -2.85. The lowest BCUT2D eigenvalue weighted by atomic mass is 10.2. The first-order chi connectivity index (χ1) is 13.4. The van der Waals surface area contributed by atoms with Gasteiger partial charge in [-0.25, -0.2) is 4.79 Å². The molecular formula is C23H23ClN2O2. The summed E-state index contributed by atoms with van der Waals surface area (Å²) in [7, 11) is 0. The van der Waals surface area contributed by atoms with Crippen LogP contribution in [0.3, 0.4) is 0 Å². The largest absolute Gasteiger partial charge is 0.462 e. The zero-order valence-electron chi connectivity index (χ0n) is 16.5. The topological polar surface area (TPSA) is 43.6 Å². The molecule has 0 aliphatic carbocycles. The van der Waals surface area contributed by atoms with Gasteiger partial charge in [0.25, 0.3) is 0 Å². The highest BCUT2D eigenvalue weighted by atomic mass is 35.5. The molecule has 0 aliphatic rings. The predicted molar refractivity (Wildman–Crippen MR) is 115 cm³/mol. The summed E-state index contributed by atoms with van der Waals surface area (Å²) in [6.07, 6.45) is 1.85. The monoisotopic (exact) mass is 394 g/mol. The van der Waals surface area contributed by atoms with Gasteiger partial charge in [0.05, 0.1) is 17.9 Å². The van der Waals surface area contributed by atoms with Crippen LogP contribution in [0.25, 0.3) is 5.69 Å². The van der Waals surface area contributed by atoms with Crippen LogP contribution < -0.4 is 0 Å². The number of aryl methyl sites for hydroxylation is 2. The van der Waals surface area contributed by atoms with E-state index in [0.29, 0.717) is 17.2 Å². The molecular weight excluding hydrogens is 372 g/mol. The Labute approximate surface area is 170 Å². The lowest BCUT2D eigenvalue weighted by Gasteiger charge is -2.11. The van der Waals surface area contributed by atoms with Crippen LogP contribution in [0.2, 0.25) is 5.02 Å². The number of carbonyl (C=O) groups excluding carboxylic acids is 1. The van der Waals surface area contributed by atoms with Crippen molar-refractivity contribution in [2.75, 3.05) is 6.61 Å². The average Bonchev–Trinajstić information content (AvgIpc) is 2.96. The van der Waals surface area contributed by atoms with Gasteiger partial charge in [-0.05, 0) is 69.7 Å². The summed E-state index contributed by atoms with van der Waals surface area (Å²) in [5.74, 6) is -0.315. The second kappa shape index (κ2) is 8.44. The standard InChI is InChI=1S/C23H23ClN2O2/c1-5-28-23(27)18-7-6-8-21(12-18)26-16(3)11-19(17(26)4)14-25-22-13-20(24)10-9-15(22)2/h6-14H,5H2,1-4H3. The number of aliphatic imine (C=N–C) groups is 1. The minimum Gasteiger partial charge on any atom is -0.462 e. The van der Waals surface area contributed by atoms with Gasteiger partial charge in [0.15, 0.2) is 0 Å². The molecule has 0 bridgehead atoms. The molecule has 0 atom stereocenters. The molecule has 0 amide bonds. The second-order valence-electron chi connectivity index (χ2n) is 6.62. The molecule has 0 N–H and O–H groups in total. The maximum atomic E-state index is 12.1. The molecule has 0 saturated heterocycles. The summed E-state index contributed by atoms with van der Waals surface area (Å²) in [6, 6.07) is 15.2. The normalized spacial score (nSPS) is 11.2. The van der Waals surface area contributed by atoms with Crippen molar-refractivity contribution in [1.29, 1.82) is 0 Å². The van der Waals surface area contributed by atoms with Gasteiger partial charge in [0.1, 0.15) is 0 Å². The van der Waals surface area contributed by atoms with Gasteiger partial charge >= 0.3 is 5.97 Å². The fraction of sp³-hybridized carbons (Fsp3) is 0.217. The summed E-state index contributed by atoms with van der Waals surface area (Å²) in [5.41, 5.74) is 6.48. The molecule has 144 valence electrons. The van der Waals surface area contributed by atoms with Crippen molar-refractivity contribution in [3.05, 3.63) is 81.6 Å². The van der Waals surface area contributed by atoms with E-state index in [1.807, 2.05) is 63.4 Å². The first kappa shape index (κ1) is 19.9. The Morgan fingerprint density at radius 2 is 1.93 bits per heavy atom. The highest BCUT2D eigenvalue weighted by Crippen LogP contribution is 2.25. The lowest BCUT2D eigenvalue weighted by molar-refractivity contribution is 0.0526. The maximum absolute atomic E-state index is 12.1. The Kier molecular flexibility index (Phi) is 6.00. The molecule has 4 nitrogen and oxygen atoms in total. The summed E-state index contributed by atoms with van der Waals surface area (Å²) in [6.45, 7) is 8.23. The Morgan fingerprint density at radius 1 is 1.14 bits per heavy atom. The third kappa shape index (κ3) is 4.18. The average molecular weight is 395 g/mol. The molecule has 0 spiro atoms. The number of ether oxygens (including phenoxy) is 1. The smallest absolute Gasteiger partial charge is 0.338 e. The number of nitrogens with zero attached hydrogens (tertiary/aromatic N) is 2. The van der Waals surface area contributed by atoms with Crippen molar-refractivity contribution in [2.24, 2.45) is 4.99 Å². The van der Waals surface area contributed by atoms with E-state index in [9.17, 15) is 4.79 Å². The summed E-state index contributed by atoms with van der Waals surface area (Å²) in [5, 5.41) is 0.666. The molecule has 0 aliphatic heterocycles. The van der Waals surface area contributed by atoms with E-state index in [-0.39, 0.29) is 5.97 Å². The first-order valence-corrected chi connectivity index (χ1v) is 9.55. The van der Waals surface area contributed by atoms with Crippen molar-refractivity contribution in [1.82, 2.24) is 4.57 Å². The number of benzene rings is 2. The van der Waals surface area contributed by atoms with Crippen LogP contribution in [0.1, 0.15) is 39.8 Å². The van der Waals surface area contributed by atoms with Gasteiger partial charge in [-0.1, -0.05) is 23.7 Å². The number of halogens is 1. The van der Waals surface area contributed by atoms with Gasteiger partial charge in [0, 0.05) is 33.9 Å². The molecule has 0 saturated carbocycles. The summed E-state index contributed by atoms with van der Waals surface area (Å²) < 4.78 is 7.22. The highest BCUT2D eigenvalue weighted by molar-refractivity contribution is 6.30. The Bertz CT molecular complexity index is 1050. The van der Waals surface area contributed by atoms with E-state index in [4.69, 9.17) is 16.3 Å². The molecule has 3 aromatic rings. The van der Waals surface area contributed by atoms with E-state index in [1.54, 1.807) is 13.0 Å². The zero-order chi connectivity index (χ0) is 20.3.